The van der Waals surface area contributed by atoms with Gasteiger partial charge in [0, 0.05) is 5.56 Å². The molecule has 0 saturated heterocycles. The Kier molecular flexibility index (Phi) is 4.29. The lowest BCUT2D eigenvalue weighted by Crippen LogP contribution is -2.12. The summed E-state index contributed by atoms with van der Waals surface area (Å²) in [7, 11) is 1.31. The molecule has 5 heteroatoms. The fraction of sp³-hybridized carbons (Fsp3) is 0.125. The van der Waals surface area contributed by atoms with Crippen molar-refractivity contribution < 1.29 is 18.3 Å². The van der Waals surface area contributed by atoms with Gasteiger partial charge in [0.05, 0.1) is 13.2 Å². The molecular weight excluding hydrogens is 276 g/mol. The standard InChI is InChI=1S/C16H11F2NO2/c1-21-15-6-5-11(8-14(15)18)16(20)13(9-19)10-3-2-4-12(17)7-10/h2-8,13H,1H3. The third-order valence-corrected chi connectivity index (χ3v) is 3.01. The number of ether oxygens (including phenoxy) is 1. The average molecular weight is 287 g/mol. The van der Waals surface area contributed by atoms with Crippen LogP contribution in [0.3, 0.4) is 0 Å². The number of methoxy groups -OCH3 is 1. The maximum atomic E-state index is 13.6. The van der Waals surface area contributed by atoms with Crippen LogP contribution in [0.5, 0.6) is 5.75 Å². The zero-order chi connectivity index (χ0) is 15.4. The van der Waals surface area contributed by atoms with E-state index in [4.69, 9.17) is 10.00 Å². The summed E-state index contributed by atoms with van der Waals surface area (Å²) in [5.74, 6) is -3.01. The van der Waals surface area contributed by atoms with E-state index in [0.717, 1.165) is 12.1 Å². The number of carbonyl (C=O) groups excluding carboxylic acids is 1. The Balaban J connectivity index is 2.37. The summed E-state index contributed by atoms with van der Waals surface area (Å²) < 4.78 is 31.6. The molecule has 0 heterocycles. The molecular formula is C16H11F2NO2. The molecule has 0 aliphatic carbocycles. The molecule has 0 N–H and O–H groups in total. The van der Waals surface area contributed by atoms with Crippen LogP contribution in [0, 0.1) is 23.0 Å². The van der Waals surface area contributed by atoms with Gasteiger partial charge in [0.1, 0.15) is 11.7 Å². The Hall–Kier alpha value is -2.74. The lowest BCUT2D eigenvalue weighted by Gasteiger charge is -2.10. The zero-order valence-electron chi connectivity index (χ0n) is 11.1. The number of Topliss-reactive ketones (excluding diaryl/α,β-unsaturated/α-hetero) is 1. The predicted octanol–water partition coefficient (Wildman–Crippen LogP) is 3.46. The monoisotopic (exact) mass is 287 g/mol. The number of carbonyl (C=O) groups is 1. The van der Waals surface area contributed by atoms with Crippen molar-refractivity contribution in [2.45, 2.75) is 5.92 Å². The first kappa shape index (κ1) is 14.7. The lowest BCUT2D eigenvalue weighted by molar-refractivity contribution is 0.0978. The molecule has 0 saturated carbocycles. The molecule has 1 atom stereocenters. The second kappa shape index (κ2) is 6.14. The van der Waals surface area contributed by atoms with Gasteiger partial charge in [-0.1, -0.05) is 12.1 Å². The van der Waals surface area contributed by atoms with Crippen LogP contribution in [0.1, 0.15) is 21.8 Å². The predicted molar refractivity (Wildman–Crippen MR) is 72.0 cm³/mol. The maximum absolute atomic E-state index is 13.6. The lowest BCUT2D eigenvalue weighted by atomic mass is 9.92. The van der Waals surface area contributed by atoms with Gasteiger partial charge in [0.2, 0.25) is 0 Å². The van der Waals surface area contributed by atoms with Gasteiger partial charge in [-0.2, -0.15) is 5.26 Å². The summed E-state index contributed by atoms with van der Waals surface area (Å²) in [5.41, 5.74) is 0.267. The molecule has 1 unspecified atom stereocenters. The summed E-state index contributed by atoms with van der Waals surface area (Å²) in [4.78, 5) is 12.3. The van der Waals surface area contributed by atoms with Gasteiger partial charge in [-0.25, -0.2) is 8.78 Å². The van der Waals surface area contributed by atoms with Crippen molar-refractivity contribution in [3.63, 3.8) is 0 Å². The van der Waals surface area contributed by atoms with Gasteiger partial charge >= 0.3 is 0 Å². The highest BCUT2D eigenvalue weighted by Gasteiger charge is 2.23. The molecule has 2 rings (SSSR count). The highest BCUT2D eigenvalue weighted by Crippen LogP contribution is 2.24. The Morgan fingerprint density at radius 1 is 1.24 bits per heavy atom. The first-order valence-corrected chi connectivity index (χ1v) is 6.09. The minimum atomic E-state index is -1.19. The first-order valence-electron chi connectivity index (χ1n) is 6.09. The van der Waals surface area contributed by atoms with Crippen molar-refractivity contribution in [1.82, 2.24) is 0 Å². The number of hydrogen-bond acceptors (Lipinski definition) is 3. The van der Waals surface area contributed by atoms with Crippen LogP contribution in [0.4, 0.5) is 8.78 Å². The third-order valence-electron chi connectivity index (χ3n) is 3.01. The quantitative estimate of drug-likeness (QED) is 0.809. The van der Waals surface area contributed by atoms with E-state index in [1.807, 2.05) is 6.07 Å². The Labute approximate surface area is 120 Å². The van der Waals surface area contributed by atoms with E-state index in [2.05, 4.69) is 0 Å². The molecule has 2 aromatic carbocycles. The van der Waals surface area contributed by atoms with Crippen LogP contribution in [0.25, 0.3) is 0 Å². The molecule has 0 spiro atoms. The summed E-state index contributed by atoms with van der Waals surface area (Å²) in [6.07, 6.45) is 0. The van der Waals surface area contributed by atoms with Crippen LogP contribution in [-0.2, 0) is 0 Å². The zero-order valence-corrected chi connectivity index (χ0v) is 11.1. The number of nitriles is 1. The number of rotatable bonds is 4. The number of halogens is 2. The van der Waals surface area contributed by atoms with Crippen LogP contribution in [0.2, 0.25) is 0 Å². The maximum Gasteiger partial charge on any atom is 0.184 e. The van der Waals surface area contributed by atoms with Gasteiger partial charge in [0.25, 0.3) is 0 Å². The molecule has 0 aliphatic heterocycles. The van der Waals surface area contributed by atoms with E-state index in [0.29, 0.717) is 0 Å². The number of hydrogen-bond donors (Lipinski definition) is 0. The molecule has 2 aromatic rings. The van der Waals surface area contributed by atoms with Crippen LogP contribution in [0.15, 0.2) is 42.5 Å². The summed E-state index contributed by atoms with van der Waals surface area (Å²) in [6.45, 7) is 0. The smallest absolute Gasteiger partial charge is 0.184 e. The normalized spacial score (nSPS) is 11.5. The van der Waals surface area contributed by atoms with Crippen molar-refractivity contribution in [1.29, 1.82) is 5.26 Å². The average Bonchev–Trinajstić information content (AvgIpc) is 2.48. The fourth-order valence-corrected chi connectivity index (χ4v) is 1.96. The molecule has 21 heavy (non-hydrogen) atoms. The highest BCUT2D eigenvalue weighted by molar-refractivity contribution is 6.02. The molecule has 106 valence electrons. The van der Waals surface area contributed by atoms with Crippen LogP contribution >= 0.6 is 0 Å². The summed E-state index contributed by atoms with van der Waals surface area (Å²) >= 11 is 0. The number of nitrogens with zero attached hydrogens (tertiary/aromatic N) is 1. The first-order chi connectivity index (χ1) is 10.1. The Morgan fingerprint density at radius 2 is 2.00 bits per heavy atom. The molecule has 0 aliphatic rings. The van der Waals surface area contributed by atoms with E-state index in [1.54, 1.807) is 0 Å². The van der Waals surface area contributed by atoms with Crippen LogP contribution in [-0.4, -0.2) is 12.9 Å². The summed E-state index contributed by atoms with van der Waals surface area (Å²) in [5, 5.41) is 9.16. The second-order valence-electron chi connectivity index (χ2n) is 4.33. The van der Waals surface area contributed by atoms with E-state index in [-0.39, 0.29) is 16.9 Å². The van der Waals surface area contributed by atoms with Gasteiger partial charge in [-0.3, -0.25) is 4.79 Å². The SMILES string of the molecule is COc1ccc(C(=O)C(C#N)c2cccc(F)c2)cc1F. The molecule has 0 radical (unpaired) electrons. The van der Waals surface area contributed by atoms with Crippen molar-refractivity contribution in [2.24, 2.45) is 0 Å². The topological polar surface area (TPSA) is 50.1 Å². The minimum Gasteiger partial charge on any atom is -0.494 e. The fourth-order valence-electron chi connectivity index (χ4n) is 1.96. The van der Waals surface area contributed by atoms with Crippen molar-refractivity contribution >= 4 is 5.78 Å². The van der Waals surface area contributed by atoms with Crippen molar-refractivity contribution in [3.8, 4) is 11.8 Å². The highest BCUT2D eigenvalue weighted by atomic mass is 19.1. The van der Waals surface area contributed by atoms with Gasteiger partial charge in [-0.15, -0.1) is 0 Å². The second-order valence-corrected chi connectivity index (χ2v) is 4.33. The number of benzene rings is 2. The molecule has 0 amide bonds. The molecule has 0 bridgehead atoms. The third kappa shape index (κ3) is 3.06. The van der Waals surface area contributed by atoms with E-state index in [1.165, 1.54) is 37.4 Å². The molecule has 0 fully saturated rings. The van der Waals surface area contributed by atoms with Gasteiger partial charge < -0.3 is 4.74 Å². The Morgan fingerprint density at radius 3 is 2.57 bits per heavy atom. The van der Waals surface area contributed by atoms with E-state index >= 15 is 0 Å². The summed E-state index contributed by atoms with van der Waals surface area (Å²) in [6, 6.07) is 10.7. The molecule has 0 aromatic heterocycles. The van der Waals surface area contributed by atoms with Gasteiger partial charge in [0.15, 0.2) is 17.3 Å². The van der Waals surface area contributed by atoms with Crippen LogP contribution < -0.4 is 4.74 Å². The van der Waals surface area contributed by atoms with Crippen molar-refractivity contribution in [2.75, 3.05) is 7.11 Å². The number of ketones is 1. The van der Waals surface area contributed by atoms with Crippen molar-refractivity contribution in [3.05, 3.63) is 65.2 Å². The van der Waals surface area contributed by atoms with E-state index in [9.17, 15) is 13.6 Å². The largest absolute Gasteiger partial charge is 0.494 e. The van der Waals surface area contributed by atoms with E-state index < -0.39 is 23.3 Å². The Bertz CT molecular complexity index is 722. The van der Waals surface area contributed by atoms with Gasteiger partial charge in [-0.05, 0) is 35.9 Å². The molecule has 3 nitrogen and oxygen atoms in total. The minimum absolute atomic E-state index is 0.00538.